The Morgan fingerprint density at radius 2 is 1.67 bits per heavy atom. The number of piperazine rings is 1. The first kappa shape index (κ1) is 19.1. The van der Waals surface area contributed by atoms with Crippen molar-refractivity contribution in [3.05, 3.63) is 63.4 Å². The molecule has 1 fully saturated rings. The van der Waals surface area contributed by atoms with Crippen molar-refractivity contribution in [2.75, 3.05) is 31.1 Å². The summed E-state index contributed by atoms with van der Waals surface area (Å²) in [6.45, 7) is 2.98. The van der Waals surface area contributed by atoms with Gasteiger partial charge in [-0.05, 0) is 36.8 Å². The number of nitrogens with zero attached hydrogens (tertiary/aromatic N) is 3. The summed E-state index contributed by atoms with van der Waals surface area (Å²) in [6, 6.07) is 6.31. The van der Waals surface area contributed by atoms with Gasteiger partial charge in [-0.25, -0.2) is 13.2 Å². The van der Waals surface area contributed by atoms with E-state index < -0.39 is 23.4 Å². The second-order valence-corrected chi connectivity index (χ2v) is 6.66. The van der Waals surface area contributed by atoms with E-state index in [0.717, 1.165) is 12.1 Å². The van der Waals surface area contributed by atoms with Crippen LogP contribution in [0.1, 0.15) is 21.5 Å². The summed E-state index contributed by atoms with van der Waals surface area (Å²) < 4.78 is 40.9. The molecule has 1 saturated heterocycles. The highest BCUT2D eigenvalue weighted by Crippen LogP contribution is 2.26. The largest absolute Gasteiger partial charge is 0.366 e. The van der Waals surface area contributed by atoms with Crippen LogP contribution in [0.2, 0.25) is 5.02 Å². The van der Waals surface area contributed by atoms with Gasteiger partial charge in [-0.3, -0.25) is 4.79 Å². The number of amides is 1. The van der Waals surface area contributed by atoms with Crippen LogP contribution in [-0.4, -0.2) is 37.0 Å². The number of carbonyl (C=O) groups excluding carboxylic acids is 1. The third kappa shape index (κ3) is 3.71. The fourth-order valence-electron chi connectivity index (χ4n) is 3.04. The number of nitriles is 1. The van der Waals surface area contributed by atoms with Crippen molar-refractivity contribution in [1.29, 1.82) is 5.26 Å². The molecule has 0 unspecified atom stereocenters. The van der Waals surface area contributed by atoms with Gasteiger partial charge in [0.15, 0.2) is 11.6 Å². The molecule has 0 radical (unpaired) electrons. The van der Waals surface area contributed by atoms with E-state index in [4.69, 9.17) is 16.9 Å². The smallest absolute Gasteiger partial charge is 0.255 e. The van der Waals surface area contributed by atoms with Gasteiger partial charge in [-0.2, -0.15) is 5.26 Å². The first-order chi connectivity index (χ1) is 12.8. The SMILES string of the molecule is Cc1cc(N2CCN(C(=O)c3cc(F)c(F)cc3Cl)CC2)c(F)cc1C#N. The maximum absolute atomic E-state index is 14.3. The van der Waals surface area contributed by atoms with E-state index in [0.29, 0.717) is 24.3 Å². The second kappa shape index (κ2) is 7.49. The summed E-state index contributed by atoms with van der Waals surface area (Å²) in [5, 5.41) is 8.81. The van der Waals surface area contributed by atoms with Gasteiger partial charge >= 0.3 is 0 Å². The number of rotatable bonds is 2. The predicted octanol–water partition coefficient (Wildman–Crippen LogP) is 3.90. The first-order valence-electron chi connectivity index (χ1n) is 8.21. The molecular weight excluding hydrogens is 379 g/mol. The lowest BCUT2D eigenvalue weighted by atomic mass is 10.1. The molecule has 1 amide bonds. The van der Waals surface area contributed by atoms with Crippen LogP contribution in [0.25, 0.3) is 0 Å². The molecule has 0 spiro atoms. The fraction of sp³-hybridized carbons (Fsp3) is 0.263. The molecule has 27 heavy (non-hydrogen) atoms. The normalized spacial score (nSPS) is 14.2. The summed E-state index contributed by atoms with van der Waals surface area (Å²) in [7, 11) is 0. The quantitative estimate of drug-likeness (QED) is 0.727. The van der Waals surface area contributed by atoms with Crippen LogP contribution in [-0.2, 0) is 0 Å². The van der Waals surface area contributed by atoms with Crippen molar-refractivity contribution in [2.45, 2.75) is 6.92 Å². The molecule has 0 aromatic heterocycles. The van der Waals surface area contributed by atoms with Crippen molar-refractivity contribution in [2.24, 2.45) is 0 Å². The number of hydrogen-bond donors (Lipinski definition) is 0. The monoisotopic (exact) mass is 393 g/mol. The Kier molecular flexibility index (Phi) is 5.29. The van der Waals surface area contributed by atoms with Crippen LogP contribution in [0.15, 0.2) is 24.3 Å². The van der Waals surface area contributed by atoms with Crippen LogP contribution in [0.4, 0.5) is 18.9 Å². The molecular formula is C19H15ClF3N3O. The zero-order valence-corrected chi connectivity index (χ0v) is 15.2. The molecule has 0 N–H and O–H groups in total. The van der Waals surface area contributed by atoms with E-state index in [1.54, 1.807) is 17.9 Å². The molecule has 0 bridgehead atoms. The molecule has 2 aromatic carbocycles. The van der Waals surface area contributed by atoms with E-state index in [-0.39, 0.29) is 29.2 Å². The van der Waals surface area contributed by atoms with Crippen LogP contribution >= 0.6 is 11.6 Å². The minimum Gasteiger partial charge on any atom is -0.366 e. The molecule has 0 atom stereocenters. The maximum Gasteiger partial charge on any atom is 0.255 e. The predicted molar refractivity (Wildman–Crippen MR) is 95.3 cm³/mol. The van der Waals surface area contributed by atoms with Crippen molar-refractivity contribution >= 4 is 23.2 Å². The summed E-state index contributed by atoms with van der Waals surface area (Å²) in [5.74, 6) is -3.26. The van der Waals surface area contributed by atoms with Crippen LogP contribution in [0, 0.1) is 35.7 Å². The lowest BCUT2D eigenvalue weighted by molar-refractivity contribution is 0.0746. The Hall–Kier alpha value is -2.72. The first-order valence-corrected chi connectivity index (χ1v) is 8.58. The Labute approximate surface area is 159 Å². The molecule has 1 aliphatic heterocycles. The molecule has 1 aliphatic rings. The highest BCUT2D eigenvalue weighted by atomic mass is 35.5. The maximum atomic E-state index is 14.3. The topological polar surface area (TPSA) is 47.3 Å². The third-order valence-corrected chi connectivity index (χ3v) is 4.87. The second-order valence-electron chi connectivity index (χ2n) is 6.26. The summed E-state index contributed by atoms with van der Waals surface area (Å²) >= 11 is 5.87. The van der Waals surface area contributed by atoms with Crippen molar-refractivity contribution in [1.82, 2.24) is 4.90 Å². The van der Waals surface area contributed by atoms with Gasteiger partial charge in [0, 0.05) is 26.2 Å². The number of anilines is 1. The molecule has 2 aromatic rings. The van der Waals surface area contributed by atoms with E-state index in [9.17, 15) is 18.0 Å². The molecule has 0 saturated carbocycles. The van der Waals surface area contributed by atoms with Gasteiger partial charge in [0.25, 0.3) is 5.91 Å². The van der Waals surface area contributed by atoms with Gasteiger partial charge in [0.05, 0.1) is 27.9 Å². The fourth-order valence-corrected chi connectivity index (χ4v) is 3.27. The highest BCUT2D eigenvalue weighted by molar-refractivity contribution is 6.33. The Bertz CT molecular complexity index is 950. The molecule has 3 rings (SSSR count). The lowest BCUT2D eigenvalue weighted by Crippen LogP contribution is -2.49. The van der Waals surface area contributed by atoms with E-state index in [1.165, 1.54) is 11.0 Å². The summed E-state index contributed by atoms with van der Waals surface area (Å²) in [5.41, 5.74) is 1.20. The number of carbonyl (C=O) groups is 1. The molecule has 8 heteroatoms. The molecule has 4 nitrogen and oxygen atoms in total. The average molecular weight is 394 g/mol. The molecule has 140 valence electrons. The number of benzene rings is 2. The number of aryl methyl sites for hydroxylation is 1. The van der Waals surface area contributed by atoms with Gasteiger partial charge in [0.1, 0.15) is 5.82 Å². The van der Waals surface area contributed by atoms with Crippen molar-refractivity contribution in [3.8, 4) is 6.07 Å². The highest BCUT2D eigenvalue weighted by Gasteiger charge is 2.26. The molecule has 1 heterocycles. The van der Waals surface area contributed by atoms with Crippen molar-refractivity contribution in [3.63, 3.8) is 0 Å². The lowest BCUT2D eigenvalue weighted by Gasteiger charge is -2.36. The zero-order chi connectivity index (χ0) is 19.7. The standard InChI is InChI=1S/C19H15ClF3N3O/c1-11-6-18(17(23)7-12(11)10-24)25-2-4-26(5-3-25)19(27)13-8-15(21)16(22)9-14(13)20/h6-9H,2-5H2,1H3. The number of hydrogen-bond acceptors (Lipinski definition) is 3. The average Bonchev–Trinajstić information content (AvgIpc) is 2.65. The minimum atomic E-state index is -1.14. The summed E-state index contributed by atoms with van der Waals surface area (Å²) in [6.07, 6.45) is 0. The van der Waals surface area contributed by atoms with Crippen LogP contribution < -0.4 is 4.90 Å². The Morgan fingerprint density at radius 3 is 2.30 bits per heavy atom. The van der Waals surface area contributed by atoms with Gasteiger partial charge in [0.2, 0.25) is 0 Å². The third-order valence-electron chi connectivity index (χ3n) is 4.56. The van der Waals surface area contributed by atoms with E-state index in [1.807, 2.05) is 6.07 Å². The van der Waals surface area contributed by atoms with E-state index >= 15 is 0 Å². The van der Waals surface area contributed by atoms with Gasteiger partial charge in [-0.15, -0.1) is 0 Å². The molecule has 0 aliphatic carbocycles. The van der Waals surface area contributed by atoms with Gasteiger partial charge < -0.3 is 9.80 Å². The Morgan fingerprint density at radius 1 is 1.04 bits per heavy atom. The Balaban J connectivity index is 1.74. The van der Waals surface area contributed by atoms with Crippen LogP contribution in [0.5, 0.6) is 0 Å². The summed E-state index contributed by atoms with van der Waals surface area (Å²) in [4.78, 5) is 15.8. The van der Waals surface area contributed by atoms with Gasteiger partial charge in [-0.1, -0.05) is 11.6 Å². The van der Waals surface area contributed by atoms with E-state index in [2.05, 4.69) is 0 Å². The van der Waals surface area contributed by atoms with Crippen molar-refractivity contribution < 1.29 is 18.0 Å². The minimum absolute atomic E-state index is 0.107. The number of halogens is 4. The van der Waals surface area contributed by atoms with Crippen LogP contribution in [0.3, 0.4) is 0 Å². The zero-order valence-electron chi connectivity index (χ0n) is 14.4.